The zero-order valence-corrected chi connectivity index (χ0v) is 15.8. The van der Waals surface area contributed by atoms with Gasteiger partial charge in [-0.3, -0.25) is 9.69 Å². The second-order valence-corrected chi connectivity index (χ2v) is 5.86. The van der Waals surface area contributed by atoms with Gasteiger partial charge in [-0.05, 0) is 6.42 Å². The van der Waals surface area contributed by atoms with Gasteiger partial charge in [-0.25, -0.2) is 0 Å². The number of morpholine rings is 1. The van der Waals surface area contributed by atoms with E-state index in [4.69, 9.17) is 9.47 Å². The third kappa shape index (κ3) is 7.11. The fourth-order valence-corrected chi connectivity index (χ4v) is 3.10. The highest BCUT2D eigenvalue weighted by molar-refractivity contribution is 5.85. The normalized spacial score (nSPS) is 25.4. The highest BCUT2D eigenvalue weighted by Crippen LogP contribution is 2.14. The molecule has 0 aromatic heterocycles. The molecule has 23 heavy (non-hydrogen) atoms. The van der Waals surface area contributed by atoms with Gasteiger partial charge < -0.3 is 19.7 Å². The Morgan fingerprint density at radius 1 is 1.35 bits per heavy atom. The van der Waals surface area contributed by atoms with E-state index in [1.54, 1.807) is 7.11 Å². The van der Waals surface area contributed by atoms with E-state index in [2.05, 4.69) is 17.1 Å². The molecule has 1 N–H and O–H groups in total. The molecule has 2 aliphatic heterocycles. The van der Waals surface area contributed by atoms with E-state index in [-0.39, 0.29) is 36.8 Å². The molecule has 0 saturated carbocycles. The van der Waals surface area contributed by atoms with Crippen molar-refractivity contribution >= 4 is 30.7 Å². The summed E-state index contributed by atoms with van der Waals surface area (Å²) < 4.78 is 10.6. The van der Waals surface area contributed by atoms with E-state index in [0.717, 1.165) is 52.4 Å². The molecule has 2 fully saturated rings. The summed E-state index contributed by atoms with van der Waals surface area (Å²) in [4.78, 5) is 16.9. The molecule has 0 spiro atoms. The molecule has 0 radical (unpaired) electrons. The minimum absolute atomic E-state index is 0. The molecule has 0 aromatic carbocycles. The van der Waals surface area contributed by atoms with Crippen LogP contribution in [0.4, 0.5) is 0 Å². The third-order valence-electron chi connectivity index (χ3n) is 4.43. The summed E-state index contributed by atoms with van der Waals surface area (Å²) in [6, 6.07) is 0.631. The van der Waals surface area contributed by atoms with Crippen LogP contribution in [0.5, 0.6) is 0 Å². The zero-order chi connectivity index (χ0) is 15.1. The van der Waals surface area contributed by atoms with Crippen LogP contribution in [0.25, 0.3) is 0 Å². The first-order valence-electron chi connectivity index (χ1n) is 8.06. The summed E-state index contributed by atoms with van der Waals surface area (Å²) in [5, 5.41) is 3.35. The Bertz CT molecular complexity index is 331. The molecular weight excluding hydrogens is 341 g/mol. The van der Waals surface area contributed by atoms with E-state index in [1.807, 2.05) is 4.90 Å². The molecule has 2 aliphatic rings. The number of nitrogens with zero attached hydrogens (tertiary/aromatic N) is 2. The van der Waals surface area contributed by atoms with Crippen LogP contribution in [0.2, 0.25) is 0 Å². The average molecular weight is 372 g/mol. The SMILES string of the molecule is CCC1CN(C(=O)CC2COCCN2)CCN1CCOC.Cl.Cl. The van der Waals surface area contributed by atoms with Crippen LogP contribution in [0, 0.1) is 0 Å². The second-order valence-electron chi connectivity index (χ2n) is 5.86. The number of carbonyl (C=O) groups is 1. The van der Waals surface area contributed by atoms with E-state index >= 15 is 0 Å². The van der Waals surface area contributed by atoms with Gasteiger partial charge in [-0.15, -0.1) is 24.8 Å². The number of halogens is 2. The highest BCUT2D eigenvalue weighted by atomic mass is 35.5. The zero-order valence-electron chi connectivity index (χ0n) is 14.2. The summed E-state index contributed by atoms with van der Waals surface area (Å²) >= 11 is 0. The molecule has 2 heterocycles. The Balaban J connectivity index is 0.00000242. The van der Waals surface area contributed by atoms with Gasteiger partial charge in [-0.2, -0.15) is 0 Å². The average Bonchev–Trinajstić information content (AvgIpc) is 2.53. The van der Waals surface area contributed by atoms with Crippen molar-refractivity contribution in [2.24, 2.45) is 0 Å². The lowest BCUT2D eigenvalue weighted by molar-refractivity contribution is -0.135. The van der Waals surface area contributed by atoms with Crippen LogP contribution in [0.1, 0.15) is 19.8 Å². The van der Waals surface area contributed by atoms with Crippen LogP contribution >= 0.6 is 24.8 Å². The number of nitrogens with one attached hydrogen (secondary N) is 1. The number of hydrogen-bond donors (Lipinski definition) is 1. The summed E-state index contributed by atoms with van der Waals surface area (Å²) in [6.45, 7) is 8.76. The lowest BCUT2D eigenvalue weighted by Gasteiger charge is -2.41. The Hall–Kier alpha value is -0.110. The lowest BCUT2D eigenvalue weighted by atomic mass is 10.1. The van der Waals surface area contributed by atoms with Crippen molar-refractivity contribution in [3.63, 3.8) is 0 Å². The third-order valence-corrected chi connectivity index (χ3v) is 4.43. The summed E-state index contributed by atoms with van der Waals surface area (Å²) in [5.74, 6) is 0.253. The summed E-state index contributed by atoms with van der Waals surface area (Å²) in [7, 11) is 1.74. The van der Waals surface area contributed by atoms with Crippen molar-refractivity contribution in [3.05, 3.63) is 0 Å². The topological polar surface area (TPSA) is 54.0 Å². The van der Waals surface area contributed by atoms with E-state index in [1.165, 1.54) is 0 Å². The number of carbonyl (C=O) groups excluding carboxylic acids is 1. The van der Waals surface area contributed by atoms with Crippen molar-refractivity contribution in [3.8, 4) is 0 Å². The van der Waals surface area contributed by atoms with Crippen LogP contribution in [0.15, 0.2) is 0 Å². The largest absolute Gasteiger partial charge is 0.383 e. The Kier molecular flexibility index (Phi) is 12.2. The number of amides is 1. The molecular formula is C15H31Cl2N3O3. The molecule has 138 valence electrons. The predicted molar refractivity (Wildman–Crippen MR) is 95.8 cm³/mol. The monoisotopic (exact) mass is 371 g/mol. The van der Waals surface area contributed by atoms with E-state index in [9.17, 15) is 4.79 Å². The Morgan fingerprint density at radius 2 is 2.13 bits per heavy atom. The van der Waals surface area contributed by atoms with E-state index < -0.39 is 0 Å². The summed E-state index contributed by atoms with van der Waals surface area (Å²) in [6.07, 6.45) is 1.62. The quantitative estimate of drug-likeness (QED) is 0.747. The van der Waals surface area contributed by atoms with Crippen LogP contribution in [-0.2, 0) is 14.3 Å². The molecule has 0 bridgehead atoms. The molecule has 8 heteroatoms. The first-order valence-corrected chi connectivity index (χ1v) is 8.06. The van der Waals surface area contributed by atoms with Crippen molar-refractivity contribution in [2.75, 3.05) is 59.7 Å². The maximum atomic E-state index is 12.4. The molecule has 1 amide bonds. The van der Waals surface area contributed by atoms with Crippen LogP contribution in [-0.4, -0.2) is 87.4 Å². The molecule has 2 rings (SSSR count). The summed E-state index contributed by atoms with van der Waals surface area (Å²) in [5.41, 5.74) is 0. The van der Waals surface area contributed by atoms with Crippen molar-refractivity contribution in [1.29, 1.82) is 0 Å². The maximum Gasteiger partial charge on any atom is 0.224 e. The van der Waals surface area contributed by atoms with Gasteiger partial charge in [0.2, 0.25) is 5.91 Å². The standard InChI is InChI=1S/C15H29N3O3.2ClH/c1-3-14-11-18(6-5-17(14)7-9-20-2)15(19)10-13-12-21-8-4-16-13;;/h13-14,16H,3-12H2,1-2H3;2*1H. The maximum absolute atomic E-state index is 12.4. The number of hydrogen-bond acceptors (Lipinski definition) is 5. The minimum Gasteiger partial charge on any atom is -0.383 e. The fourth-order valence-electron chi connectivity index (χ4n) is 3.10. The van der Waals surface area contributed by atoms with Gasteiger partial charge in [0.05, 0.1) is 19.8 Å². The van der Waals surface area contributed by atoms with Gasteiger partial charge in [0.1, 0.15) is 0 Å². The van der Waals surface area contributed by atoms with Crippen molar-refractivity contribution in [1.82, 2.24) is 15.1 Å². The molecule has 0 aliphatic carbocycles. The van der Waals surface area contributed by atoms with Gasteiger partial charge in [0.25, 0.3) is 0 Å². The van der Waals surface area contributed by atoms with Gasteiger partial charge in [0.15, 0.2) is 0 Å². The molecule has 2 saturated heterocycles. The van der Waals surface area contributed by atoms with Gasteiger partial charge in [0, 0.05) is 58.3 Å². The molecule has 2 unspecified atom stereocenters. The smallest absolute Gasteiger partial charge is 0.224 e. The van der Waals surface area contributed by atoms with Crippen LogP contribution < -0.4 is 5.32 Å². The Morgan fingerprint density at radius 3 is 2.74 bits per heavy atom. The minimum atomic E-state index is 0. The number of methoxy groups -OCH3 is 1. The number of rotatable bonds is 6. The number of piperazine rings is 1. The van der Waals surface area contributed by atoms with Gasteiger partial charge in [-0.1, -0.05) is 6.92 Å². The second kappa shape index (κ2) is 12.3. The first-order chi connectivity index (χ1) is 10.2. The van der Waals surface area contributed by atoms with Crippen molar-refractivity contribution in [2.45, 2.75) is 31.8 Å². The van der Waals surface area contributed by atoms with Crippen molar-refractivity contribution < 1.29 is 14.3 Å². The fraction of sp³-hybridized carbons (Fsp3) is 0.933. The van der Waals surface area contributed by atoms with E-state index in [0.29, 0.717) is 19.1 Å². The molecule has 0 aromatic rings. The highest BCUT2D eigenvalue weighted by Gasteiger charge is 2.29. The lowest BCUT2D eigenvalue weighted by Crippen LogP contribution is -2.56. The van der Waals surface area contributed by atoms with Crippen LogP contribution in [0.3, 0.4) is 0 Å². The van der Waals surface area contributed by atoms with Gasteiger partial charge >= 0.3 is 0 Å². The first kappa shape index (κ1) is 22.9. The number of ether oxygens (including phenoxy) is 2. The molecule has 6 nitrogen and oxygen atoms in total. The Labute approximate surface area is 152 Å². The molecule has 2 atom stereocenters. The predicted octanol–water partition coefficient (Wildman–Crippen LogP) is 0.778.